The summed E-state index contributed by atoms with van der Waals surface area (Å²) < 4.78 is 31.3. The molecule has 0 saturated carbocycles. The lowest BCUT2D eigenvalue weighted by atomic mass is 10.1. The highest BCUT2D eigenvalue weighted by Crippen LogP contribution is 2.22. The van der Waals surface area contributed by atoms with E-state index in [1.54, 1.807) is 6.07 Å². The van der Waals surface area contributed by atoms with Crippen molar-refractivity contribution in [1.82, 2.24) is 0 Å². The van der Waals surface area contributed by atoms with Crippen LogP contribution in [-0.2, 0) is 6.54 Å². The molecule has 102 valence electrons. The number of nitrogens with zero attached hydrogens (tertiary/aromatic N) is 1. The Labute approximate surface area is 115 Å². The van der Waals surface area contributed by atoms with Crippen molar-refractivity contribution in [3.05, 3.63) is 59.2 Å². The molecule has 0 amide bonds. The van der Waals surface area contributed by atoms with Crippen LogP contribution in [0.25, 0.3) is 0 Å². The van der Waals surface area contributed by atoms with E-state index in [4.69, 9.17) is 10.00 Å². The maximum atomic E-state index is 13.3. The lowest BCUT2D eigenvalue weighted by molar-refractivity contribution is 0.387. The van der Waals surface area contributed by atoms with E-state index in [1.807, 2.05) is 6.07 Å². The molecule has 0 fully saturated rings. The lowest BCUT2D eigenvalue weighted by Gasteiger charge is -2.10. The van der Waals surface area contributed by atoms with Gasteiger partial charge in [-0.1, -0.05) is 0 Å². The number of nitriles is 1. The molecule has 0 aliphatic rings. The summed E-state index contributed by atoms with van der Waals surface area (Å²) in [5, 5.41) is 12.0. The van der Waals surface area contributed by atoms with Crippen molar-refractivity contribution in [3.8, 4) is 11.8 Å². The van der Waals surface area contributed by atoms with Gasteiger partial charge in [0.25, 0.3) is 0 Å². The van der Waals surface area contributed by atoms with Gasteiger partial charge in [0.1, 0.15) is 5.82 Å². The van der Waals surface area contributed by atoms with Crippen LogP contribution >= 0.6 is 0 Å². The van der Waals surface area contributed by atoms with Crippen molar-refractivity contribution in [3.63, 3.8) is 0 Å². The molecule has 2 aromatic carbocycles. The van der Waals surface area contributed by atoms with E-state index in [0.29, 0.717) is 16.8 Å². The first-order valence-corrected chi connectivity index (χ1v) is 5.90. The van der Waals surface area contributed by atoms with Gasteiger partial charge >= 0.3 is 0 Å². The molecular weight excluding hydrogens is 262 g/mol. The Morgan fingerprint density at radius 3 is 2.70 bits per heavy atom. The molecule has 0 spiro atoms. The van der Waals surface area contributed by atoms with Gasteiger partial charge in [-0.2, -0.15) is 5.26 Å². The van der Waals surface area contributed by atoms with Crippen LogP contribution in [0.3, 0.4) is 0 Å². The third-order valence-corrected chi connectivity index (χ3v) is 2.82. The highest BCUT2D eigenvalue weighted by molar-refractivity contribution is 5.50. The monoisotopic (exact) mass is 274 g/mol. The van der Waals surface area contributed by atoms with Gasteiger partial charge in [0.05, 0.1) is 18.7 Å². The number of ether oxygens (including phenoxy) is 1. The molecular formula is C15H12F2N2O. The maximum Gasteiger partial charge on any atom is 0.165 e. The Morgan fingerprint density at radius 2 is 2.00 bits per heavy atom. The number of benzene rings is 2. The molecule has 0 saturated heterocycles. The molecule has 0 aliphatic carbocycles. The fourth-order valence-electron chi connectivity index (χ4n) is 1.78. The Kier molecular flexibility index (Phi) is 4.16. The standard InChI is InChI=1S/C15H12F2N2O/c1-20-15-7-13(4-5-14(15)17)19-9-11-6-12(16)3-2-10(11)8-18/h2-7,19H,9H2,1H3. The van der Waals surface area contributed by atoms with Crippen LogP contribution < -0.4 is 10.1 Å². The second-order valence-electron chi connectivity index (χ2n) is 4.12. The van der Waals surface area contributed by atoms with E-state index in [1.165, 1.54) is 37.4 Å². The summed E-state index contributed by atoms with van der Waals surface area (Å²) in [4.78, 5) is 0. The molecule has 2 aromatic rings. The molecule has 0 radical (unpaired) electrons. The fraction of sp³-hybridized carbons (Fsp3) is 0.133. The first kappa shape index (κ1) is 13.8. The van der Waals surface area contributed by atoms with E-state index in [2.05, 4.69) is 5.32 Å². The summed E-state index contributed by atoms with van der Waals surface area (Å²) in [6.07, 6.45) is 0. The van der Waals surface area contributed by atoms with Crippen LogP contribution in [0.1, 0.15) is 11.1 Å². The predicted molar refractivity (Wildman–Crippen MR) is 71.4 cm³/mol. The zero-order chi connectivity index (χ0) is 14.5. The molecule has 2 rings (SSSR count). The lowest BCUT2D eigenvalue weighted by Crippen LogP contribution is -2.03. The van der Waals surface area contributed by atoms with Gasteiger partial charge in [-0.05, 0) is 35.9 Å². The minimum Gasteiger partial charge on any atom is -0.494 e. The average Bonchev–Trinajstić information content (AvgIpc) is 2.46. The summed E-state index contributed by atoms with van der Waals surface area (Å²) in [6, 6.07) is 10.3. The second-order valence-corrected chi connectivity index (χ2v) is 4.12. The average molecular weight is 274 g/mol. The van der Waals surface area contributed by atoms with E-state index in [-0.39, 0.29) is 12.3 Å². The maximum absolute atomic E-state index is 13.3. The summed E-state index contributed by atoms with van der Waals surface area (Å²) in [5.74, 6) is -0.742. The van der Waals surface area contributed by atoms with Crippen molar-refractivity contribution < 1.29 is 13.5 Å². The van der Waals surface area contributed by atoms with Gasteiger partial charge in [-0.3, -0.25) is 0 Å². The topological polar surface area (TPSA) is 45.0 Å². The zero-order valence-electron chi connectivity index (χ0n) is 10.8. The van der Waals surface area contributed by atoms with Crippen LogP contribution in [0.15, 0.2) is 36.4 Å². The normalized spacial score (nSPS) is 9.90. The summed E-state index contributed by atoms with van der Waals surface area (Å²) in [5.41, 5.74) is 1.56. The number of anilines is 1. The second kappa shape index (κ2) is 6.02. The summed E-state index contributed by atoms with van der Waals surface area (Å²) in [7, 11) is 1.38. The van der Waals surface area contributed by atoms with Crippen molar-refractivity contribution in [2.24, 2.45) is 0 Å². The molecule has 0 aromatic heterocycles. The molecule has 0 bridgehead atoms. The number of methoxy groups -OCH3 is 1. The van der Waals surface area contributed by atoms with Gasteiger partial charge in [0, 0.05) is 18.3 Å². The smallest absolute Gasteiger partial charge is 0.165 e. The minimum absolute atomic E-state index is 0.120. The summed E-state index contributed by atoms with van der Waals surface area (Å²) in [6.45, 7) is 0.259. The van der Waals surface area contributed by atoms with Crippen LogP contribution in [0, 0.1) is 23.0 Å². The Morgan fingerprint density at radius 1 is 1.20 bits per heavy atom. The zero-order valence-corrected chi connectivity index (χ0v) is 10.8. The quantitative estimate of drug-likeness (QED) is 0.928. The molecule has 1 N–H and O–H groups in total. The van der Waals surface area contributed by atoms with Gasteiger partial charge in [-0.15, -0.1) is 0 Å². The highest BCUT2D eigenvalue weighted by atomic mass is 19.1. The van der Waals surface area contributed by atoms with Crippen molar-refractivity contribution in [2.75, 3.05) is 12.4 Å². The minimum atomic E-state index is -0.457. The molecule has 3 nitrogen and oxygen atoms in total. The van der Waals surface area contributed by atoms with Crippen molar-refractivity contribution >= 4 is 5.69 Å². The van der Waals surface area contributed by atoms with Gasteiger partial charge in [-0.25, -0.2) is 8.78 Å². The molecule has 0 heterocycles. The van der Waals surface area contributed by atoms with Gasteiger partial charge in [0.2, 0.25) is 0 Å². The Bertz CT molecular complexity index is 665. The number of hydrogen-bond acceptors (Lipinski definition) is 3. The van der Waals surface area contributed by atoms with Gasteiger partial charge < -0.3 is 10.1 Å². The fourth-order valence-corrected chi connectivity index (χ4v) is 1.78. The SMILES string of the molecule is COc1cc(NCc2cc(F)ccc2C#N)ccc1F. The first-order valence-electron chi connectivity index (χ1n) is 5.90. The van der Waals surface area contributed by atoms with E-state index in [0.717, 1.165) is 0 Å². The largest absolute Gasteiger partial charge is 0.494 e. The Balaban J connectivity index is 2.17. The molecule has 0 aliphatic heterocycles. The van der Waals surface area contributed by atoms with Crippen molar-refractivity contribution in [1.29, 1.82) is 5.26 Å². The molecule has 0 unspecified atom stereocenters. The predicted octanol–water partition coefficient (Wildman–Crippen LogP) is 3.46. The van der Waals surface area contributed by atoms with Crippen LogP contribution in [0.4, 0.5) is 14.5 Å². The number of halogens is 2. The first-order chi connectivity index (χ1) is 9.63. The highest BCUT2D eigenvalue weighted by Gasteiger charge is 2.06. The number of nitrogens with one attached hydrogen (secondary N) is 1. The summed E-state index contributed by atoms with van der Waals surface area (Å²) >= 11 is 0. The molecule has 0 atom stereocenters. The third-order valence-electron chi connectivity index (χ3n) is 2.82. The number of rotatable bonds is 4. The van der Waals surface area contributed by atoms with E-state index >= 15 is 0 Å². The van der Waals surface area contributed by atoms with E-state index < -0.39 is 11.6 Å². The third kappa shape index (κ3) is 3.04. The van der Waals surface area contributed by atoms with Crippen molar-refractivity contribution in [2.45, 2.75) is 6.54 Å². The molecule has 20 heavy (non-hydrogen) atoms. The molecule has 5 heteroatoms. The van der Waals surface area contributed by atoms with E-state index in [9.17, 15) is 8.78 Å². The van der Waals surface area contributed by atoms with Gasteiger partial charge in [0.15, 0.2) is 11.6 Å². The Hall–Kier alpha value is -2.61. The van der Waals surface area contributed by atoms with Crippen LogP contribution in [0.2, 0.25) is 0 Å². The van der Waals surface area contributed by atoms with Crippen LogP contribution in [0.5, 0.6) is 5.75 Å². The number of hydrogen-bond donors (Lipinski definition) is 1. The van der Waals surface area contributed by atoms with Crippen LogP contribution in [-0.4, -0.2) is 7.11 Å².